The van der Waals surface area contributed by atoms with Gasteiger partial charge in [0.05, 0.1) is 12.1 Å². The maximum absolute atomic E-state index is 10.5. The molecule has 0 amide bonds. The predicted octanol–water partition coefficient (Wildman–Crippen LogP) is 2.14. The van der Waals surface area contributed by atoms with E-state index in [9.17, 15) is 9.90 Å². The van der Waals surface area contributed by atoms with Crippen LogP contribution in [0.3, 0.4) is 0 Å². The van der Waals surface area contributed by atoms with Gasteiger partial charge in [-0.15, -0.1) is 11.3 Å². The Balaban J connectivity index is 2.28. The Kier molecular flexibility index (Phi) is 2.87. The summed E-state index contributed by atoms with van der Waals surface area (Å²) in [6, 6.07) is 6.72. The molecule has 16 heavy (non-hydrogen) atoms. The summed E-state index contributed by atoms with van der Waals surface area (Å²) in [6.07, 6.45) is -0.0660. The number of hydrogen-bond donors (Lipinski definition) is 2. The first-order chi connectivity index (χ1) is 7.65. The number of hydrogen-bond acceptors (Lipinski definition) is 4. The Hall–Kier alpha value is -1.88. The molecule has 0 spiro atoms. The van der Waals surface area contributed by atoms with Gasteiger partial charge in [-0.2, -0.15) is 0 Å². The molecule has 2 N–H and O–H groups in total. The molecule has 0 aliphatic rings. The van der Waals surface area contributed by atoms with Gasteiger partial charge in [0.15, 0.2) is 0 Å². The van der Waals surface area contributed by atoms with Crippen LogP contribution < -0.4 is 0 Å². The molecular formula is C11H9NO3S. The number of carboxylic acid groups (broad SMARTS) is 1. The number of benzene rings is 1. The quantitative estimate of drug-likeness (QED) is 0.855. The first-order valence-electron chi connectivity index (χ1n) is 4.61. The molecule has 0 bridgehead atoms. The van der Waals surface area contributed by atoms with E-state index in [-0.39, 0.29) is 12.2 Å². The molecule has 2 aromatic rings. The highest BCUT2D eigenvalue weighted by Gasteiger charge is 2.07. The van der Waals surface area contributed by atoms with Crippen LogP contribution in [-0.2, 0) is 11.2 Å². The van der Waals surface area contributed by atoms with Gasteiger partial charge in [0.25, 0.3) is 0 Å². The first-order valence-corrected chi connectivity index (χ1v) is 5.49. The molecule has 1 heterocycles. The molecule has 2 rings (SSSR count). The molecule has 4 nitrogen and oxygen atoms in total. The minimum atomic E-state index is -0.892. The van der Waals surface area contributed by atoms with Crippen LogP contribution in [0.5, 0.6) is 5.75 Å². The van der Waals surface area contributed by atoms with E-state index in [0.717, 1.165) is 5.56 Å². The molecule has 0 aliphatic heterocycles. The number of aromatic nitrogens is 1. The highest BCUT2D eigenvalue weighted by Crippen LogP contribution is 2.24. The minimum Gasteiger partial charge on any atom is -0.508 e. The van der Waals surface area contributed by atoms with Crippen LogP contribution in [0.25, 0.3) is 11.3 Å². The molecule has 0 fully saturated rings. The summed E-state index contributed by atoms with van der Waals surface area (Å²) in [7, 11) is 0. The summed E-state index contributed by atoms with van der Waals surface area (Å²) >= 11 is 1.30. The van der Waals surface area contributed by atoms with E-state index in [1.54, 1.807) is 23.6 Å². The summed E-state index contributed by atoms with van der Waals surface area (Å²) in [6.45, 7) is 0. The van der Waals surface area contributed by atoms with Crippen molar-refractivity contribution in [1.82, 2.24) is 4.98 Å². The van der Waals surface area contributed by atoms with Gasteiger partial charge in [0.2, 0.25) is 0 Å². The van der Waals surface area contributed by atoms with Crippen LogP contribution in [0.1, 0.15) is 5.01 Å². The summed E-state index contributed by atoms with van der Waals surface area (Å²) in [5.74, 6) is -0.720. The second-order valence-electron chi connectivity index (χ2n) is 3.25. The topological polar surface area (TPSA) is 70.4 Å². The van der Waals surface area contributed by atoms with Gasteiger partial charge in [-0.3, -0.25) is 4.79 Å². The zero-order valence-electron chi connectivity index (χ0n) is 8.25. The number of phenols is 1. The van der Waals surface area contributed by atoms with Crippen molar-refractivity contribution in [2.45, 2.75) is 6.42 Å². The molecular weight excluding hydrogens is 226 g/mol. The number of rotatable bonds is 3. The molecule has 0 aliphatic carbocycles. The molecule has 0 unspecified atom stereocenters. The lowest BCUT2D eigenvalue weighted by Gasteiger charge is -1.96. The van der Waals surface area contributed by atoms with Crippen molar-refractivity contribution >= 4 is 17.3 Å². The molecule has 1 aromatic heterocycles. The number of aliphatic carboxylic acids is 1. The Morgan fingerprint density at radius 1 is 1.44 bits per heavy atom. The van der Waals surface area contributed by atoms with E-state index >= 15 is 0 Å². The third-order valence-corrected chi connectivity index (χ3v) is 2.84. The number of carbonyl (C=O) groups is 1. The van der Waals surface area contributed by atoms with E-state index in [4.69, 9.17) is 5.11 Å². The first kappa shape index (κ1) is 10.6. The lowest BCUT2D eigenvalue weighted by atomic mass is 10.2. The minimum absolute atomic E-state index is 0.0660. The second kappa shape index (κ2) is 4.32. The SMILES string of the molecule is O=C(O)Cc1nc(-c2cccc(O)c2)cs1. The number of nitrogens with zero attached hydrogens (tertiary/aromatic N) is 1. The smallest absolute Gasteiger partial charge is 0.310 e. The Morgan fingerprint density at radius 3 is 2.94 bits per heavy atom. The van der Waals surface area contributed by atoms with Crippen LogP contribution in [0.4, 0.5) is 0 Å². The van der Waals surface area contributed by atoms with E-state index in [0.29, 0.717) is 10.7 Å². The maximum Gasteiger partial charge on any atom is 0.310 e. The maximum atomic E-state index is 10.5. The fraction of sp³-hybridized carbons (Fsp3) is 0.0909. The molecule has 1 aromatic carbocycles. The Morgan fingerprint density at radius 2 is 2.25 bits per heavy atom. The molecule has 0 saturated carbocycles. The average Bonchev–Trinajstić information content (AvgIpc) is 2.65. The van der Waals surface area contributed by atoms with Gasteiger partial charge < -0.3 is 10.2 Å². The molecule has 0 atom stereocenters. The Bertz CT molecular complexity index is 521. The van der Waals surface area contributed by atoms with Crippen molar-refractivity contribution in [3.63, 3.8) is 0 Å². The van der Waals surface area contributed by atoms with Gasteiger partial charge in [-0.25, -0.2) is 4.98 Å². The predicted molar refractivity (Wildman–Crippen MR) is 60.6 cm³/mol. The van der Waals surface area contributed by atoms with Crippen LogP contribution in [0.15, 0.2) is 29.6 Å². The summed E-state index contributed by atoms with van der Waals surface area (Å²) < 4.78 is 0. The summed E-state index contributed by atoms with van der Waals surface area (Å²) in [4.78, 5) is 14.7. The fourth-order valence-corrected chi connectivity index (χ4v) is 2.11. The highest BCUT2D eigenvalue weighted by molar-refractivity contribution is 7.10. The summed E-state index contributed by atoms with van der Waals surface area (Å²) in [5.41, 5.74) is 1.48. The third-order valence-electron chi connectivity index (χ3n) is 2.00. The largest absolute Gasteiger partial charge is 0.508 e. The van der Waals surface area contributed by atoms with Gasteiger partial charge in [-0.1, -0.05) is 12.1 Å². The van der Waals surface area contributed by atoms with Crippen LogP contribution in [0, 0.1) is 0 Å². The van der Waals surface area contributed by atoms with Gasteiger partial charge in [0, 0.05) is 10.9 Å². The van der Waals surface area contributed by atoms with Crippen LogP contribution >= 0.6 is 11.3 Å². The van der Waals surface area contributed by atoms with Gasteiger partial charge >= 0.3 is 5.97 Å². The van der Waals surface area contributed by atoms with Crippen molar-refractivity contribution in [3.05, 3.63) is 34.7 Å². The monoisotopic (exact) mass is 235 g/mol. The number of phenolic OH excluding ortho intramolecular Hbond substituents is 1. The number of aromatic hydroxyl groups is 1. The average molecular weight is 235 g/mol. The fourth-order valence-electron chi connectivity index (χ4n) is 1.32. The molecule has 5 heteroatoms. The zero-order chi connectivity index (χ0) is 11.5. The highest BCUT2D eigenvalue weighted by atomic mass is 32.1. The standard InChI is InChI=1S/C11H9NO3S/c13-8-3-1-2-7(4-8)9-6-16-10(12-9)5-11(14)15/h1-4,6,13H,5H2,(H,14,15). The van der Waals surface area contributed by atoms with Crippen molar-refractivity contribution in [2.75, 3.05) is 0 Å². The van der Waals surface area contributed by atoms with Crippen molar-refractivity contribution < 1.29 is 15.0 Å². The number of thiazole rings is 1. The van der Waals surface area contributed by atoms with Crippen molar-refractivity contribution in [2.24, 2.45) is 0 Å². The normalized spacial score (nSPS) is 10.2. The van der Waals surface area contributed by atoms with Crippen LogP contribution in [0.2, 0.25) is 0 Å². The van der Waals surface area contributed by atoms with Gasteiger partial charge in [0.1, 0.15) is 10.8 Å². The van der Waals surface area contributed by atoms with Crippen molar-refractivity contribution in [1.29, 1.82) is 0 Å². The van der Waals surface area contributed by atoms with E-state index < -0.39 is 5.97 Å². The lowest BCUT2D eigenvalue weighted by Crippen LogP contribution is -1.99. The van der Waals surface area contributed by atoms with E-state index in [1.807, 2.05) is 6.07 Å². The van der Waals surface area contributed by atoms with E-state index in [1.165, 1.54) is 11.3 Å². The second-order valence-corrected chi connectivity index (χ2v) is 4.19. The number of carboxylic acids is 1. The summed E-state index contributed by atoms with van der Waals surface area (Å²) in [5, 5.41) is 20.3. The van der Waals surface area contributed by atoms with Crippen LogP contribution in [-0.4, -0.2) is 21.2 Å². The van der Waals surface area contributed by atoms with Gasteiger partial charge in [-0.05, 0) is 12.1 Å². The van der Waals surface area contributed by atoms with Crippen molar-refractivity contribution in [3.8, 4) is 17.0 Å². The molecule has 82 valence electrons. The zero-order valence-corrected chi connectivity index (χ0v) is 9.07. The third kappa shape index (κ3) is 2.38. The van der Waals surface area contributed by atoms with E-state index in [2.05, 4.69) is 4.98 Å². The molecule has 0 radical (unpaired) electrons. The Labute approximate surface area is 95.8 Å². The molecule has 0 saturated heterocycles. The lowest BCUT2D eigenvalue weighted by molar-refractivity contribution is -0.136.